The molecule has 1 aliphatic carbocycles. The Labute approximate surface area is 176 Å². The van der Waals surface area contributed by atoms with E-state index in [9.17, 15) is 9.59 Å². The van der Waals surface area contributed by atoms with Crippen molar-refractivity contribution in [3.63, 3.8) is 0 Å². The number of carbonyl (C=O) groups excluding carboxylic acids is 2. The summed E-state index contributed by atoms with van der Waals surface area (Å²) in [5, 5.41) is 6.34. The number of benzene rings is 1. The number of ether oxygens (including phenoxy) is 1. The second-order valence-corrected chi connectivity index (χ2v) is 8.77. The average molecular weight is 415 g/mol. The van der Waals surface area contributed by atoms with Gasteiger partial charge in [-0.25, -0.2) is 0 Å². The van der Waals surface area contributed by atoms with E-state index in [2.05, 4.69) is 24.5 Å². The molecule has 0 bridgehead atoms. The van der Waals surface area contributed by atoms with Crippen molar-refractivity contribution in [2.45, 2.75) is 52.4 Å². The minimum absolute atomic E-state index is 0.136. The molecule has 156 valence electrons. The van der Waals surface area contributed by atoms with Crippen molar-refractivity contribution in [2.75, 3.05) is 19.0 Å². The monoisotopic (exact) mass is 414 g/mol. The zero-order chi connectivity index (χ0) is 20.8. The fourth-order valence-corrected chi connectivity index (χ4v) is 5.03. The predicted octanol–water partition coefficient (Wildman–Crippen LogP) is 5.05. The summed E-state index contributed by atoms with van der Waals surface area (Å²) in [6.45, 7) is 5.08. The molecule has 0 saturated carbocycles. The maximum Gasteiger partial charge on any atom is 0.256 e. The summed E-state index contributed by atoms with van der Waals surface area (Å²) in [5.41, 5.74) is 2.27. The molecule has 1 atom stereocenters. The first kappa shape index (κ1) is 21.4. The third-order valence-electron chi connectivity index (χ3n) is 5.33. The minimum atomic E-state index is -0.209. The lowest BCUT2D eigenvalue weighted by Gasteiger charge is -2.18. The minimum Gasteiger partial charge on any atom is -0.494 e. The van der Waals surface area contributed by atoms with Crippen molar-refractivity contribution >= 4 is 28.2 Å². The highest BCUT2D eigenvalue weighted by Crippen LogP contribution is 2.39. The summed E-state index contributed by atoms with van der Waals surface area (Å²) >= 11 is 1.53. The number of rotatable bonds is 8. The lowest BCUT2D eigenvalue weighted by atomic mass is 9.88. The van der Waals surface area contributed by atoms with Crippen molar-refractivity contribution in [2.24, 2.45) is 5.92 Å². The molecular formula is C23H30N2O3S. The van der Waals surface area contributed by atoms with Gasteiger partial charge in [0, 0.05) is 17.5 Å². The summed E-state index contributed by atoms with van der Waals surface area (Å²) in [6, 6.07) is 7.17. The van der Waals surface area contributed by atoms with Crippen LogP contribution in [0.1, 0.15) is 70.7 Å². The van der Waals surface area contributed by atoms with Gasteiger partial charge >= 0.3 is 0 Å². The Morgan fingerprint density at radius 1 is 1.17 bits per heavy atom. The van der Waals surface area contributed by atoms with Crippen LogP contribution in [0.5, 0.6) is 5.75 Å². The second-order valence-electron chi connectivity index (χ2n) is 7.67. The number of carbonyl (C=O) groups is 2. The van der Waals surface area contributed by atoms with E-state index in [1.165, 1.54) is 16.2 Å². The van der Waals surface area contributed by atoms with Crippen LogP contribution in [0.4, 0.5) is 5.00 Å². The van der Waals surface area contributed by atoms with E-state index in [-0.39, 0.29) is 11.8 Å². The summed E-state index contributed by atoms with van der Waals surface area (Å²) < 4.78 is 5.71. The summed E-state index contributed by atoms with van der Waals surface area (Å²) in [4.78, 5) is 26.5. The van der Waals surface area contributed by atoms with Gasteiger partial charge in [-0.2, -0.15) is 0 Å². The van der Waals surface area contributed by atoms with Gasteiger partial charge in [0.1, 0.15) is 10.8 Å². The standard InChI is InChI=1S/C23H30N2O3S/c1-4-5-6-13-28-17-10-8-16(9-11-17)21(26)25-23-20(22(27)24-3)18-12-7-15(2)14-19(18)29-23/h8-11,15H,4-7,12-14H2,1-3H3,(H,24,27)(H,25,26)/t15-/m0/s1. The number of amides is 2. The Kier molecular flexibility index (Phi) is 7.31. The number of hydrogen-bond donors (Lipinski definition) is 2. The van der Waals surface area contributed by atoms with Crippen LogP contribution in [0.2, 0.25) is 0 Å². The molecule has 0 fully saturated rings. The summed E-state index contributed by atoms with van der Waals surface area (Å²) in [5.74, 6) is 1.03. The molecule has 2 aromatic rings. The number of unbranched alkanes of at least 4 members (excludes halogenated alkanes) is 2. The molecule has 5 nitrogen and oxygen atoms in total. The molecule has 0 unspecified atom stereocenters. The molecular weight excluding hydrogens is 384 g/mol. The first-order valence-electron chi connectivity index (χ1n) is 10.4. The van der Waals surface area contributed by atoms with Crippen LogP contribution in [0.3, 0.4) is 0 Å². The molecule has 1 aromatic heterocycles. The molecule has 0 spiro atoms. The molecule has 3 rings (SSSR count). The number of fused-ring (bicyclic) bond motifs is 1. The maximum absolute atomic E-state index is 12.8. The average Bonchev–Trinajstić information content (AvgIpc) is 3.07. The van der Waals surface area contributed by atoms with E-state index in [0.29, 0.717) is 28.7 Å². The lowest BCUT2D eigenvalue weighted by Crippen LogP contribution is -2.22. The predicted molar refractivity (Wildman–Crippen MR) is 118 cm³/mol. The molecule has 1 heterocycles. The van der Waals surface area contributed by atoms with Crippen LogP contribution < -0.4 is 15.4 Å². The molecule has 29 heavy (non-hydrogen) atoms. The topological polar surface area (TPSA) is 67.4 Å². The van der Waals surface area contributed by atoms with Gasteiger partial charge < -0.3 is 15.4 Å². The normalized spacial score (nSPS) is 15.5. The molecule has 2 amide bonds. The molecule has 1 aromatic carbocycles. The van der Waals surface area contributed by atoms with Crippen molar-refractivity contribution in [1.29, 1.82) is 0 Å². The zero-order valence-electron chi connectivity index (χ0n) is 17.5. The SMILES string of the molecule is CCCCCOc1ccc(C(=O)Nc2sc3c(c2C(=O)NC)CC[C@H](C)C3)cc1. The first-order chi connectivity index (χ1) is 14.0. The van der Waals surface area contributed by atoms with Gasteiger partial charge in [-0.1, -0.05) is 26.7 Å². The Hall–Kier alpha value is -2.34. The fourth-order valence-electron chi connectivity index (χ4n) is 3.62. The Morgan fingerprint density at radius 2 is 1.93 bits per heavy atom. The van der Waals surface area contributed by atoms with Crippen LogP contribution in [-0.4, -0.2) is 25.5 Å². The van der Waals surface area contributed by atoms with E-state index >= 15 is 0 Å². The van der Waals surface area contributed by atoms with Crippen LogP contribution in [0.25, 0.3) is 0 Å². The quantitative estimate of drug-likeness (QED) is 0.594. The van der Waals surface area contributed by atoms with E-state index in [0.717, 1.165) is 49.8 Å². The highest BCUT2D eigenvalue weighted by molar-refractivity contribution is 7.17. The number of anilines is 1. The Morgan fingerprint density at radius 3 is 2.62 bits per heavy atom. The first-order valence-corrected chi connectivity index (χ1v) is 11.3. The van der Waals surface area contributed by atoms with E-state index < -0.39 is 0 Å². The van der Waals surface area contributed by atoms with Crippen LogP contribution >= 0.6 is 11.3 Å². The van der Waals surface area contributed by atoms with Crippen LogP contribution in [-0.2, 0) is 12.8 Å². The van der Waals surface area contributed by atoms with Gasteiger partial charge in [-0.05, 0) is 61.4 Å². The molecule has 6 heteroatoms. The van der Waals surface area contributed by atoms with Gasteiger partial charge in [-0.3, -0.25) is 9.59 Å². The van der Waals surface area contributed by atoms with Gasteiger partial charge in [0.2, 0.25) is 0 Å². The van der Waals surface area contributed by atoms with Crippen LogP contribution in [0.15, 0.2) is 24.3 Å². The zero-order valence-corrected chi connectivity index (χ0v) is 18.3. The number of nitrogens with one attached hydrogen (secondary N) is 2. The van der Waals surface area contributed by atoms with E-state index in [4.69, 9.17) is 4.74 Å². The third-order valence-corrected chi connectivity index (χ3v) is 6.50. The molecule has 0 aliphatic heterocycles. The van der Waals surface area contributed by atoms with Crippen molar-refractivity contribution in [3.05, 3.63) is 45.8 Å². The highest BCUT2D eigenvalue weighted by Gasteiger charge is 2.28. The fraction of sp³-hybridized carbons (Fsp3) is 0.478. The van der Waals surface area contributed by atoms with Gasteiger partial charge in [0.05, 0.1) is 12.2 Å². The number of hydrogen-bond acceptors (Lipinski definition) is 4. The molecule has 1 aliphatic rings. The summed E-state index contributed by atoms with van der Waals surface area (Å²) in [7, 11) is 1.63. The van der Waals surface area contributed by atoms with E-state index in [1.807, 2.05) is 12.1 Å². The van der Waals surface area contributed by atoms with Gasteiger partial charge in [0.15, 0.2) is 0 Å². The lowest BCUT2D eigenvalue weighted by molar-refractivity contribution is 0.0963. The van der Waals surface area contributed by atoms with Crippen LogP contribution in [0, 0.1) is 5.92 Å². The van der Waals surface area contributed by atoms with E-state index in [1.54, 1.807) is 19.2 Å². The largest absolute Gasteiger partial charge is 0.494 e. The highest BCUT2D eigenvalue weighted by atomic mass is 32.1. The van der Waals surface area contributed by atoms with Crippen molar-refractivity contribution in [3.8, 4) is 5.75 Å². The van der Waals surface area contributed by atoms with Crippen molar-refractivity contribution in [1.82, 2.24) is 5.32 Å². The Balaban J connectivity index is 1.72. The smallest absolute Gasteiger partial charge is 0.256 e. The molecule has 0 radical (unpaired) electrons. The van der Waals surface area contributed by atoms with Gasteiger partial charge in [0.25, 0.3) is 11.8 Å². The number of thiophene rings is 1. The third kappa shape index (κ3) is 5.18. The Bertz CT molecular complexity index is 858. The van der Waals surface area contributed by atoms with Crippen molar-refractivity contribution < 1.29 is 14.3 Å². The molecule has 2 N–H and O–H groups in total. The molecule has 0 saturated heterocycles. The summed E-state index contributed by atoms with van der Waals surface area (Å²) in [6.07, 6.45) is 6.26. The maximum atomic E-state index is 12.8. The second kappa shape index (κ2) is 9.92. The van der Waals surface area contributed by atoms with Gasteiger partial charge in [-0.15, -0.1) is 11.3 Å².